The Hall–Kier alpha value is -3.48. The standard InChI is InChI=1S/C23H25N3O4/c1-16(2)15-25(14-13-20(27)30-3)23(29)21-18-11-7-8-12-19(18)22(28)26(24-21)17-9-5-4-6-10-17/h4-12,16H,13-15H2,1-3H3. The van der Waals surface area contributed by atoms with Crippen LogP contribution in [0.2, 0.25) is 0 Å². The van der Waals surface area contributed by atoms with E-state index in [-0.39, 0.29) is 42.0 Å². The lowest BCUT2D eigenvalue weighted by atomic mass is 10.1. The Morgan fingerprint density at radius 2 is 1.67 bits per heavy atom. The number of amides is 1. The highest BCUT2D eigenvalue weighted by atomic mass is 16.5. The smallest absolute Gasteiger partial charge is 0.307 e. The van der Waals surface area contributed by atoms with Crippen LogP contribution in [0, 0.1) is 5.92 Å². The van der Waals surface area contributed by atoms with E-state index in [2.05, 4.69) is 5.10 Å². The number of methoxy groups -OCH3 is 1. The summed E-state index contributed by atoms with van der Waals surface area (Å²) in [5.74, 6) is -0.519. The van der Waals surface area contributed by atoms with E-state index < -0.39 is 0 Å². The first-order valence-electron chi connectivity index (χ1n) is 9.86. The number of rotatable bonds is 7. The van der Waals surface area contributed by atoms with Crippen LogP contribution >= 0.6 is 0 Å². The Labute approximate surface area is 174 Å². The molecule has 0 aliphatic carbocycles. The van der Waals surface area contributed by atoms with Crippen LogP contribution in [0.25, 0.3) is 16.5 Å². The van der Waals surface area contributed by atoms with Gasteiger partial charge in [0, 0.05) is 18.5 Å². The van der Waals surface area contributed by atoms with E-state index in [0.29, 0.717) is 23.0 Å². The highest BCUT2D eigenvalue weighted by molar-refractivity contribution is 6.05. The molecule has 0 saturated carbocycles. The maximum atomic E-state index is 13.5. The van der Waals surface area contributed by atoms with Crippen molar-refractivity contribution in [3.05, 3.63) is 70.6 Å². The minimum absolute atomic E-state index is 0.0885. The fourth-order valence-corrected chi connectivity index (χ4v) is 3.29. The molecule has 30 heavy (non-hydrogen) atoms. The van der Waals surface area contributed by atoms with Gasteiger partial charge in [0.15, 0.2) is 5.69 Å². The Kier molecular flexibility index (Phi) is 6.61. The summed E-state index contributed by atoms with van der Waals surface area (Å²) >= 11 is 0. The minimum atomic E-state index is -0.386. The first kappa shape index (κ1) is 21.2. The number of ether oxygens (including phenoxy) is 1. The molecule has 0 aliphatic rings. The predicted octanol–water partition coefficient (Wildman–Crippen LogP) is 3.05. The first-order chi connectivity index (χ1) is 14.4. The predicted molar refractivity (Wildman–Crippen MR) is 115 cm³/mol. The molecule has 0 fully saturated rings. The molecule has 0 saturated heterocycles. The second-order valence-electron chi connectivity index (χ2n) is 7.42. The summed E-state index contributed by atoms with van der Waals surface area (Å²) in [5.41, 5.74) is 0.463. The fraction of sp³-hybridized carbons (Fsp3) is 0.304. The normalized spacial score (nSPS) is 10.9. The van der Waals surface area contributed by atoms with Crippen molar-refractivity contribution in [2.45, 2.75) is 20.3 Å². The number of carbonyl (C=O) groups excluding carboxylic acids is 2. The van der Waals surface area contributed by atoms with Crippen LogP contribution in [0.15, 0.2) is 59.4 Å². The summed E-state index contributed by atoms with van der Waals surface area (Å²) in [4.78, 5) is 39.7. The second-order valence-corrected chi connectivity index (χ2v) is 7.42. The number of carbonyl (C=O) groups is 2. The van der Waals surface area contributed by atoms with E-state index in [1.165, 1.54) is 11.8 Å². The quantitative estimate of drug-likeness (QED) is 0.562. The summed E-state index contributed by atoms with van der Waals surface area (Å²) in [7, 11) is 1.32. The van der Waals surface area contributed by atoms with E-state index in [4.69, 9.17) is 4.74 Å². The van der Waals surface area contributed by atoms with Crippen molar-refractivity contribution in [2.24, 2.45) is 5.92 Å². The lowest BCUT2D eigenvalue weighted by molar-refractivity contribution is -0.140. The van der Waals surface area contributed by atoms with E-state index >= 15 is 0 Å². The van der Waals surface area contributed by atoms with Gasteiger partial charge < -0.3 is 9.64 Å². The molecule has 0 radical (unpaired) electrons. The molecule has 1 amide bonds. The molecule has 0 bridgehead atoms. The summed E-state index contributed by atoms with van der Waals surface area (Å²) < 4.78 is 5.97. The zero-order valence-electron chi connectivity index (χ0n) is 17.4. The van der Waals surface area contributed by atoms with Gasteiger partial charge in [-0.3, -0.25) is 14.4 Å². The lowest BCUT2D eigenvalue weighted by Crippen LogP contribution is -2.38. The minimum Gasteiger partial charge on any atom is -0.469 e. The maximum absolute atomic E-state index is 13.5. The largest absolute Gasteiger partial charge is 0.469 e. The van der Waals surface area contributed by atoms with Crippen LogP contribution in [0.4, 0.5) is 0 Å². The van der Waals surface area contributed by atoms with Gasteiger partial charge in [-0.15, -0.1) is 0 Å². The Morgan fingerprint density at radius 1 is 1.03 bits per heavy atom. The van der Waals surface area contributed by atoms with Crippen LogP contribution < -0.4 is 5.56 Å². The van der Waals surface area contributed by atoms with Crippen LogP contribution in [-0.4, -0.2) is 46.8 Å². The van der Waals surface area contributed by atoms with E-state index in [1.54, 1.807) is 41.3 Å². The molecule has 0 unspecified atom stereocenters. The average molecular weight is 407 g/mol. The zero-order chi connectivity index (χ0) is 21.7. The van der Waals surface area contributed by atoms with Gasteiger partial charge in [0.25, 0.3) is 11.5 Å². The average Bonchev–Trinajstić information content (AvgIpc) is 2.76. The van der Waals surface area contributed by atoms with Gasteiger partial charge in [-0.25, -0.2) is 0 Å². The number of esters is 1. The third kappa shape index (κ3) is 4.56. The Morgan fingerprint density at radius 3 is 2.30 bits per heavy atom. The van der Waals surface area contributed by atoms with Crippen LogP contribution in [-0.2, 0) is 9.53 Å². The van der Waals surface area contributed by atoms with Crippen molar-refractivity contribution < 1.29 is 14.3 Å². The van der Waals surface area contributed by atoms with Crippen molar-refractivity contribution in [2.75, 3.05) is 20.2 Å². The first-order valence-corrected chi connectivity index (χ1v) is 9.86. The molecule has 0 aliphatic heterocycles. The molecule has 7 heteroatoms. The molecule has 7 nitrogen and oxygen atoms in total. The number of aromatic nitrogens is 2. The summed E-state index contributed by atoms with van der Waals surface area (Å²) in [6.45, 7) is 4.66. The van der Waals surface area contributed by atoms with Crippen molar-refractivity contribution >= 4 is 22.6 Å². The van der Waals surface area contributed by atoms with Gasteiger partial charge in [-0.2, -0.15) is 9.78 Å². The number of benzene rings is 2. The number of hydrogen-bond acceptors (Lipinski definition) is 5. The Balaban J connectivity index is 2.12. The summed E-state index contributed by atoms with van der Waals surface area (Å²) in [6.07, 6.45) is 0.0885. The topological polar surface area (TPSA) is 81.5 Å². The van der Waals surface area contributed by atoms with Crippen LogP contribution in [0.3, 0.4) is 0 Å². The van der Waals surface area contributed by atoms with Crippen LogP contribution in [0.1, 0.15) is 30.8 Å². The molecular formula is C23H25N3O4. The molecule has 0 atom stereocenters. The van der Waals surface area contributed by atoms with Gasteiger partial charge in [-0.1, -0.05) is 50.2 Å². The number of para-hydroxylation sites is 1. The SMILES string of the molecule is COC(=O)CCN(CC(C)C)C(=O)c1nn(-c2ccccc2)c(=O)c2ccccc12. The number of nitrogens with zero attached hydrogens (tertiary/aromatic N) is 3. The van der Waals surface area contributed by atoms with Crippen molar-refractivity contribution in [3.63, 3.8) is 0 Å². The van der Waals surface area contributed by atoms with Crippen molar-refractivity contribution in [1.29, 1.82) is 0 Å². The van der Waals surface area contributed by atoms with Gasteiger partial charge in [0.05, 0.1) is 24.6 Å². The summed E-state index contributed by atoms with van der Waals surface area (Å²) in [6, 6.07) is 15.9. The Bertz CT molecular complexity index is 1110. The van der Waals surface area contributed by atoms with Gasteiger partial charge in [0.2, 0.25) is 0 Å². The monoisotopic (exact) mass is 407 g/mol. The van der Waals surface area contributed by atoms with Gasteiger partial charge in [0.1, 0.15) is 0 Å². The van der Waals surface area contributed by atoms with E-state index in [1.807, 2.05) is 32.0 Å². The van der Waals surface area contributed by atoms with Gasteiger partial charge in [-0.05, 0) is 24.1 Å². The maximum Gasteiger partial charge on any atom is 0.307 e. The molecule has 0 spiro atoms. The molecular weight excluding hydrogens is 382 g/mol. The molecule has 0 N–H and O–H groups in total. The molecule has 156 valence electrons. The fourth-order valence-electron chi connectivity index (χ4n) is 3.29. The number of fused-ring (bicyclic) bond motifs is 1. The third-order valence-corrected chi connectivity index (χ3v) is 4.69. The van der Waals surface area contributed by atoms with Gasteiger partial charge >= 0.3 is 5.97 Å². The van der Waals surface area contributed by atoms with Crippen molar-refractivity contribution in [1.82, 2.24) is 14.7 Å². The molecule has 2 aromatic carbocycles. The highest BCUT2D eigenvalue weighted by Crippen LogP contribution is 2.18. The second kappa shape index (κ2) is 9.35. The number of hydrogen-bond donors (Lipinski definition) is 0. The highest BCUT2D eigenvalue weighted by Gasteiger charge is 2.24. The molecule has 1 heterocycles. The van der Waals surface area contributed by atoms with E-state index in [9.17, 15) is 14.4 Å². The molecule has 1 aromatic heterocycles. The molecule has 3 rings (SSSR count). The summed E-state index contributed by atoms with van der Waals surface area (Å²) in [5, 5.41) is 5.35. The zero-order valence-corrected chi connectivity index (χ0v) is 17.4. The lowest BCUT2D eigenvalue weighted by Gasteiger charge is -2.24. The van der Waals surface area contributed by atoms with Crippen molar-refractivity contribution in [3.8, 4) is 5.69 Å². The van der Waals surface area contributed by atoms with E-state index in [0.717, 1.165) is 0 Å². The molecule has 3 aromatic rings. The third-order valence-electron chi connectivity index (χ3n) is 4.69. The van der Waals surface area contributed by atoms with Crippen LogP contribution in [0.5, 0.6) is 0 Å².